The number of aryl methyl sites for hydroxylation is 1. The zero-order valence-corrected chi connectivity index (χ0v) is 19.0. The summed E-state index contributed by atoms with van der Waals surface area (Å²) < 4.78 is 4.47. The molecule has 0 bridgehead atoms. The van der Waals surface area contributed by atoms with Crippen LogP contribution in [0.25, 0.3) is 0 Å². The second-order valence-corrected chi connectivity index (χ2v) is 8.55. The van der Waals surface area contributed by atoms with Gasteiger partial charge in [-0.2, -0.15) is 0 Å². The van der Waals surface area contributed by atoms with Gasteiger partial charge in [-0.25, -0.2) is 4.98 Å². The zero-order chi connectivity index (χ0) is 18.4. The SMILES string of the molecule is CCn1c(Cn2ccnc2C)nnc1C1CCN(CC2[C@H]3CNC[C@@H]23)CC1.Cl.Cl. The van der Waals surface area contributed by atoms with E-state index in [4.69, 9.17) is 0 Å². The lowest BCUT2D eigenvalue weighted by atomic mass is 9.95. The molecule has 0 aromatic carbocycles. The van der Waals surface area contributed by atoms with Gasteiger partial charge in [0.1, 0.15) is 11.6 Å². The lowest BCUT2D eigenvalue weighted by Gasteiger charge is -2.32. The van der Waals surface area contributed by atoms with Crippen molar-refractivity contribution in [2.24, 2.45) is 17.8 Å². The highest BCUT2D eigenvalue weighted by atomic mass is 35.5. The molecule has 7 nitrogen and oxygen atoms in total. The largest absolute Gasteiger partial charge is 0.328 e. The standard InChI is InChI=1S/C20H31N7.2ClH/c1-3-27-19(13-26-9-6-22-14(26)2)23-24-20(27)15-4-7-25(8-5-15)12-18-16-10-21-11-17(16)18;;/h6,9,15-18,21H,3-5,7-8,10-13H2,1-2H3;2*1H/t16-,17+,18?;;. The fourth-order valence-electron chi connectivity index (χ4n) is 5.33. The van der Waals surface area contributed by atoms with Crippen molar-refractivity contribution in [2.45, 2.75) is 45.7 Å². The van der Waals surface area contributed by atoms with Crippen LogP contribution in [0.4, 0.5) is 0 Å². The van der Waals surface area contributed by atoms with Crippen LogP contribution in [-0.2, 0) is 13.1 Å². The number of fused-ring (bicyclic) bond motifs is 1. The van der Waals surface area contributed by atoms with Gasteiger partial charge in [-0.05, 0) is 70.6 Å². The average Bonchev–Trinajstić information content (AvgIpc) is 3.15. The van der Waals surface area contributed by atoms with Crippen molar-refractivity contribution in [2.75, 3.05) is 32.7 Å². The van der Waals surface area contributed by atoms with Crippen molar-refractivity contribution in [3.05, 3.63) is 29.9 Å². The predicted molar refractivity (Wildman–Crippen MR) is 118 cm³/mol. The van der Waals surface area contributed by atoms with Crippen molar-refractivity contribution >= 4 is 24.8 Å². The molecule has 0 spiro atoms. The second-order valence-electron chi connectivity index (χ2n) is 8.55. The molecule has 4 heterocycles. The Morgan fingerprint density at radius 1 is 1.10 bits per heavy atom. The smallest absolute Gasteiger partial charge is 0.153 e. The van der Waals surface area contributed by atoms with Gasteiger partial charge in [0.15, 0.2) is 5.82 Å². The van der Waals surface area contributed by atoms with E-state index in [9.17, 15) is 0 Å². The number of likely N-dealkylation sites (tertiary alicyclic amines) is 1. The molecule has 1 N–H and O–H groups in total. The lowest BCUT2D eigenvalue weighted by molar-refractivity contribution is 0.193. The van der Waals surface area contributed by atoms with Crippen LogP contribution in [0, 0.1) is 24.7 Å². The van der Waals surface area contributed by atoms with E-state index in [-0.39, 0.29) is 24.8 Å². The van der Waals surface area contributed by atoms with E-state index >= 15 is 0 Å². The molecule has 1 unspecified atom stereocenters. The number of rotatable bonds is 6. The van der Waals surface area contributed by atoms with Crippen LogP contribution in [0.2, 0.25) is 0 Å². The Kier molecular flexibility index (Phi) is 7.25. The van der Waals surface area contributed by atoms with Gasteiger partial charge >= 0.3 is 0 Å². The van der Waals surface area contributed by atoms with E-state index in [0.29, 0.717) is 5.92 Å². The maximum absolute atomic E-state index is 4.62. The van der Waals surface area contributed by atoms with E-state index in [1.165, 1.54) is 51.4 Å². The minimum Gasteiger partial charge on any atom is -0.328 e. The van der Waals surface area contributed by atoms with Crippen LogP contribution in [0.3, 0.4) is 0 Å². The second kappa shape index (κ2) is 9.33. The molecule has 2 aromatic heterocycles. The molecule has 2 aromatic rings. The normalized spacial score (nSPS) is 26.6. The van der Waals surface area contributed by atoms with Crippen molar-refractivity contribution in [1.82, 2.24) is 34.5 Å². The molecular weight excluding hydrogens is 409 g/mol. The maximum Gasteiger partial charge on any atom is 0.153 e. The van der Waals surface area contributed by atoms with Crippen LogP contribution < -0.4 is 5.32 Å². The van der Waals surface area contributed by atoms with E-state index in [2.05, 4.69) is 41.5 Å². The fraction of sp³-hybridized carbons (Fsp3) is 0.750. The number of halogens is 2. The summed E-state index contributed by atoms with van der Waals surface area (Å²) in [5, 5.41) is 12.7. The molecule has 2 aliphatic heterocycles. The van der Waals surface area contributed by atoms with Crippen LogP contribution in [-0.4, -0.2) is 61.9 Å². The first-order chi connectivity index (χ1) is 13.2. The topological polar surface area (TPSA) is 63.8 Å². The highest BCUT2D eigenvalue weighted by molar-refractivity contribution is 5.85. The average molecular weight is 442 g/mol. The molecule has 3 aliphatic rings. The Labute approximate surface area is 185 Å². The first-order valence-electron chi connectivity index (χ1n) is 10.6. The van der Waals surface area contributed by atoms with Gasteiger partial charge in [0.2, 0.25) is 0 Å². The summed E-state index contributed by atoms with van der Waals surface area (Å²) in [5.41, 5.74) is 0. The van der Waals surface area contributed by atoms with Gasteiger partial charge in [-0.1, -0.05) is 0 Å². The molecule has 1 aliphatic carbocycles. The Hall–Kier alpha value is -1.15. The van der Waals surface area contributed by atoms with E-state index in [0.717, 1.165) is 42.5 Å². The minimum absolute atomic E-state index is 0. The molecule has 29 heavy (non-hydrogen) atoms. The molecule has 1 saturated carbocycles. The summed E-state index contributed by atoms with van der Waals surface area (Å²) in [7, 11) is 0. The highest BCUT2D eigenvalue weighted by Crippen LogP contribution is 2.49. The van der Waals surface area contributed by atoms with Gasteiger partial charge in [0.05, 0.1) is 6.54 Å². The molecule has 162 valence electrons. The number of nitrogens with one attached hydrogen (secondary N) is 1. The molecular formula is C20H33Cl2N7. The predicted octanol–water partition coefficient (Wildman–Crippen LogP) is 2.34. The Morgan fingerprint density at radius 3 is 2.45 bits per heavy atom. The van der Waals surface area contributed by atoms with Crippen molar-refractivity contribution < 1.29 is 0 Å². The van der Waals surface area contributed by atoms with Crippen LogP contribution in [0.15, 0.2) is 12.4 Å². The number of aromatic nitrogens is 5. The summed E-state index contributed by atoms with van der Waals surface area (Å²) in [6, 6.07) is 0. The number of piperidine rings is 2. The first kappa shape index (κ1) is 22.5. The van der Waals surface area contributed by atoms with Crippen molar-refractivity contribution in [1.29, 1.82) is 0 Å². The van der Waals surface area contributed by atoms with E-state index in [1.54, 1.807) is 0 Å². The third-order valence-corrected chi connectivity index (χ3v) is 7.10. The number of nitrogens with zero attached hydrogens (tertiary/aromatic N) is 6. The van der Waals surface area contributed by atoms with Crippen LogP contribution in [0.5, 0.6) is 0 Å². The Balaban J connectivity index is 0.00000120. The van der Waals surface area contributed by atoms with Crippen molar-refractivity contribution in [3.8, 4) is 0 Å². The Morgan fingerprint density at radius 2 is 1.83 bits per heavy atom. The molecule has 3 fully saturated rings. The quantitative estimate of drug-likeness (QED) is 0.744. The van der Waals surface area contributed by atoms with Gasteiger partial charge < -0.3 is 19.4 Å². The van der Waals surface area contributed by atoms with Gasteiger partial charge in [0, 0.05) is 31.4 Å². The third kappa shape index (κ3) is 4.33. The van der Waals surface area contributed by atoms with Gasteiger partial charge in [0.25, 0.3) is 0 Å². The van der Waals surface area contributed by atoms with Gasteiger partial charge in [-0.15, -0.1) is 35.0 Å². The summed E-state index contributed by atoms with van der Waals surface area (Å²) in [4.78, 5) is 7.02. The highest BCUT2D eigenvalue weighted by Gasteiger charge is 2.52. The monoisotopic (exact) mass is 441 g/mol. The lowest BCUT2D eigenvalue weighted by Crippen LogP contribution is -2.36. The molecule has 0 radical (unpaired) electrons. The van der Waals surface area contributed by atoms with E-state index < -0.39 is 0 Å². The van der Waals surface area contributed by atoms with Crippen LogP contribution >= 0.6 is 24.8 Å². The molecule has 9 heteroatoms. The summed E-state index contributed by atoms with van der Waals surface area (Å²) in [6.07, 6.45) is 6.29. The zero-order valence-electron chi connectivity index (χ0n) is 17.3. The maximum atomic E-state index is 4.62. The van der Waals surface area contributed by atoms with Crippen molar-refractivity contribution in [3.63, 3.8) is 0 Å². The summed E-state index contributed by atoms with van der Waals surface area (Å²) in [6.45, 7) is 12.2. The van der Waals surface area contributed by atoms with Crippen LogP contribution in [0.1, 0.15) is 43.2 Å². The molecule has 2 saturated heterocycles. The molecule has 3 atom stereocenters. The fourth-order valence-corrected chi connectivity index (χ4v) is 5.33. The number of hydrogen-bond donors (Lipinski definition) is 1. The molecule has 5 rings (SSSR count). The van der Waals surface area contributed by atoms with E-state index in [1.807, 2.05) is 19.3 Å². The molecule has 0 amide bonds. The summed E-state index contributed by atoms with van der Waals surface area (Å²) in [5.74, 6) is 6.72. The Bertz CT molecular complexity index is 787. The van der Waals surface area contributed by atoms with Gasteiger partial charge in [-0.3, -0.25) is 0 Å². The number of hydrogen-bond acceptors (Lipinski definition) is 5. The summed E-state index contributed by atoms with van der Waals surface area (Å²) >= 11 is 0. The minimum atomic E-state index is 0. The first-order valence-corrected chi connectivity index (χ1v) is 10.6. The third-order valence-electron chi connectivity index (χ3n) is 7.10. The number of imidazole rings is 1.